The monoisotopic (exact) mass is 527 g/mol. The topological polar surface area (TPSA) is 119 Å². The molecular weight excluding hydrogens is 494 g/mol. The Balaban J connectivity index is 1.34. The Bertz CT molecular complexity index is 1400. The van der Waals surface area contributed by atoms with Crippen LogP contribution in [0.15, 0.2) is 40.9 Å². The first kappa shape index (κ1) is 25.5. The number of aromatic nitrogens is 3. The Morgan fingerprint density at radius 3 is 2.62 bits per heavy atom. The molecule has 0 bridgehead atoms. The Labute approximate surface area is 216 Å². The average molecular weight is 528 g/mol. The minimum Gasteiger partial charge on any atom is -0.508 e. The number of hydrogen-bond donors (Lipinski definition) is 1. The molecule has 1 aromatic carbocycles. The summed E-state index contributed by atoms with van der Waals surface area (Å²) in [5.74, 6) is 1.47. The van der Waals surface area contributed by atoms with E-state index in [-0.39, 0.29) is 23.5 Å². The quantitative estimate of drug-likeness (QED) is 0.519. The molecule has 1 unspecified atom stereocenters. The number of hydrogen-bond acceptors (Lipinski definition) is 8. The van der Waals surface area contributed by atoms with E-state index in [1.54, 1.807) is 39.1 Å². The maximum absolute atomic E-state index is 13.0. The lowest BCUT2D eigenvalue weighted by Gasteiger charge is -2.29. The normalized spacial score (nSPS) is 20.1. The number of anilines is 1. The molecule has 1 N–H and O–H groups in total. The number of carbonyl (C=O) groups excluding carboxylic acids is 1. The van der Waals surface area contributed by atoms with Gasteiger partial charge in [-0.3, -0.25) is 0 Å². The lowest BCUT2D eigenvalue weighted by molar-refractivity contribution is -0.0365. The Kier molecular flexibility index (Phi) is 6.84. The van der Waals surface area contributed by atoms with Gasteiger partial charge in [-0.1, -0.05) is 0 Å². The second-order valence-electron chi connectivity index (χ2n) is 10.5. The number of nitrogens with zero attached hydrogens (tertiary/aromatic N) is 5. The zero-order chi connectivity index (χ0) is 26.2. The van der Waals surface area contributed by atoms with Crippen molar-refractivity contribution in [2.75, 3.05) is 36.1 Å². The van der Waals surface area contributed by atoms with Gasteiger partial charge in [0, 0.05) is 36.8 Å². The smallest absolute Gasteiger partial charge is 0.442 e. The number of phenols is 1. The molecule has 1 atom stereocenters. The Morgan fingerprint density at radius 2 is 1.97 bits per heavy atom. The standard InChI is InChI=1S/C26H33N5O5S/c1-26(2,3)36-25(33)29-37(34)14-11-30(12-15-37)22-10-7-18(17-27-22)24-20-16-19(32)8-9-21(20)31(28-24)23-6-4-5-13-35-23/h7-10,16-17,23,32H,4-6,11-15H2,1-3H3. The summed E-state index contributed by atoms with van der Waals surface area (Å²) in [6, 6.07) is 9.13. The van der Waals surface area contributed by atoms with E-state index in [4.69, 9.17) is 14.6 Å². The molecule has 2 aliphatic rings. The molecule has 0 radical (unpaired) electrons. The van der Waals surface area contributed by atoms with Crippen LogP contribution in [0.2, 0.25) is 0 Å². The number of phenolic OH excluding ortho intramolecular Hbond substituents is 1. The van der Waals surface area contributed by atoms with Crippen molar-refractivity contribution in [1.82, 2.24) is 14.8 Å². The number of amides is 1. The van der Waals surface area contributed by atoms with Crippen molar-refractivity contribution in [3.8, 4) is 17.0 Å². The van der Waals surface area contributed by atoms with E-state index < -0.39 is 21.4 Å². The van der Waals surface area contributed by atoms with Gasteiger partial charge in [-0.25, -0.2) is 18.7 Å². The first-order valence-corrected chi connectivity index (χ1v) is 14.5. The van der Waals surface area contributed by atoms with Crippen molar-refractivity contribution >= 4 is 32.5 Å². The van der Waals surface area contributed by atoms with Gasteiger partial charge in [-0.15, -0.1) is 4.36 Å². The van der Waals surface area contributed by atoms with E-state index in [9.17, 15) is 14.1 Å². The lowest BCUT2D eigenvalue weighted by atomic mass is 10.1. The maximum atomic E-state index is 13.0. The molecule has 0 spiro atoms. The summed E-state index contributed by atoms with van der Waals surface area (Å²) in [7, 11) is -2.66. The Hall–Kier alpha value is -3.18. The zero-order valence-corrected chi connectivity index (χ0v) is 22.2. The highest BCUT2D eigenvalue weighted by Crippen LogP contribution is 2.34. The van der Waals surface area contributed by atoms with Crippen LogP contribution >= 0.6 is 0 Å². The van der Waals surface area contributed by atoms with Crippen molar-refractivity contribution in [2.45, 2.75) is 51.9 Å². The number of pyridine rings is 1. The number of fused-ring (bicyclic) bond motifs is 1. The van der Waals surface area contributed by atoms with E-state index in [2.05, 4.69) is 9.35 Å². The molecule has 4 heterocycles. The van der Waals surface area contributed by atoms with Crippen LogP contribution in [0.3, 0.4) is 0 Å². The van der Waals surface area contributed by atoms with E-state index in [0.717, 1.165) is 47.2 Å². The minimum atomic E-state index is -2.66. The molecule has 0 aliphatic carbocycles. The highest BCUT2D eigenvalue weighted by atomic mass is 32.2. The first-order valence-electron chi connectivity index (χ1n) is 12.6. The Morgan fingerprint density at radius 1 is 1.19 bits per heavy atom. The van der Waals surface area contributed by atoms with Gasteiger partial charge >= 0.3 is 6.09 Å². The summed E-state index contributed by atoms with van der Waals surface area (Å²) in [5, 5.41) is 15.8. The summed E-state index contributed by atoms with van der Waals surface area (Å²) >= 11 is 0. The molecule has 1 amide bonds. The van der Waals surface area contributed by atoms with Crippen molar-refractivity contribution in [3.63, 3.8) is 0 Å². The number of benzene rings is 1. The molecule has 2 aliphatic heterocycles. The summed E-state index contributed by atoms with van der Waals surface area (Å²) in [4.78, 5) is 18.7. The fourth-order valence-electron chi connectivity index (χ4n) is 4.65. The van der Waals surface area contributed by atoms with Gasteiger partial charge < -0.3 is 19.5 Å². The third-order valence-electron chi connectivity index (χ3n) is 6.46. The number of rotatable bonds is 3. The molecular formula is C26H33N5O5S. The van der Waals surface area contributed by atoms with Gasteiger partial charge in [0.1, 0.15) is 22.9 Å². The fourth-order valence-corrected chi connectivity index (χ4v) is 6.35. The predicted octanol–water partition coefficient (Wildman–Crippen LogP) is 4.73. The first-order chi connectivity index (χ1) is 17.6. The van der Waals surface area contributed by atoms with Crippen LogP contribution in [-0.2, 0) is 19.2 Å². The molecule has 37 heavy (non-hydrogen) atoms. The number of carbonyl (C=O) groups is 1. The molecule has 198 valence electrons. The van der Waals surface area contributed by atoms with Gasteiger partial charge in [0.2, 0.25) is 0 Å². The average Bonchev–Trinajstić information content (AvgIpc) is 3.22. The molecule has 2 saturated heterocycles. The SMILES string of the molecule is CC(C)(C)OC(=O)N=S1(=O)CCN(c2ccc(-c3nn(C4CCCCO4)c4ccc(O)cc34)cn2)CC1. The zero-order valence-electron chi connectivity index (χ0n) is 21.4. The van der Waals surface area contributed by atoms with E-state index >= 15 is 0 Å². The van der Waals surface area contributed by atoms with Crippen molar-refractivity contribution in [3.05, 3.63) is 36.5 Å². The van der Waals surface area contributed by atoms with Crippen LogP contribution in [-0.4, -0.2) is 67.0 Å². The molecule has 2 fully saturated rings. The molecule has 0 saturated carbocycles. The third-order valence-corrected chi connectivity index (χ3v) is 8.58. The van der Waals surface area contributed by atoms with Crippen molar-refractivity contribution < 1.29 is 23.6 Å². The molecule has 3 aromatic rings. The maximum Gasteiger partial charge on any atom is 0.442 e. The van der Waals surface area contributed by atoms with Crippen LogP contribution in [0.4, 0.5) is 10.6 Å². The van der Waals surface area contributed by atoms with E-state index in [1.165, 1.54) is 0 Å². The predicted molar refractivity (Wildman–Crippen MR) is 142 cm³/mol. The summed E-state index contributed by atoms with van der Waals surface area (Å²) in [5.41, 5.74) is 1.79. The largest absolute Gasteiger partial charge is 0.508 e. The fraction of sp³-hybridized carbons (Fsp3) is 0.500. The van der Waals surface area contributed by atoms with Crippen molar-refractivity contribution in [1.29, 1.82) is 0 Å². The molecule has 11 heteroatoms. The van der Waals surface area contributed by atoms with Crippen LogP contribution in [0, 0.1) is 0 Å². The minimum absolute atomic E-state index is 0.129. The summed E-state index contributed by atoms with van der Waals surface area (Å²) < 4.78 is 30.0. The van der Waals surface area contributed by atoms with Gasteiger partial charge in [0.25, 0.3) is 0 Å². The highest BCUT2D eigenvalue weighted by Gasteiger charge is 2.26. The summed E-state index contributed by atoms with van der Waals surface area (Å²) in [6.07, 6.45) is 3.90. The summed E-state index contributed by atoms with van der Waals surface area (Å²) in [6.45, 7) is 6.92. The third kappa shape index (κ3) is 5.72. The van der Waals surface area contributed by atoms with E-state index in [0.29, 0.717) is 19.7 Å². The second-order valence-corrected chi connectivity index (χ2v) is 13.0. The van der Waals surface area contributed by atoms with E-state index in [1.807, 2.05) is 27.8 Å². The molecule has 10 nitrogen and oxygen atoms in total. The van der Waals surface area contributed by atoms with Gasteiger partial charge in [0.15, 0.2) is 6.23 Å². The van der Waals surface area contributed by atoms with Gasteiger partial charge in [-0.05, 0) is 70.4 Å². The van der Waals surface area contributed by atoms with Crippen LogP contribution in [0.5, 0.6) is 5.75 Å². The van der Waals surface area contributed by atoms with Gasteiger partial charge in [0.05, 0.1) is 26.8 Å². The molecule has 2 aromatic heterocycles. The van der Waals surface area contributed by atoms with Crippen LogP contribution in [0.1, 0.15) is 46.3 Å². The second kappa shape index (κ2) is 9.94. The lowest BCUT2D eigenvalue weighted by Crippen LogP contribution is -2.41. The van der Waals surface area contributed by atoms with Crippen LogP contribution in [0.25, 0.3) is 22.2 Å². The van der Waals surface area contributed by atoms with Gasteiger partial charge in [-0.2, -0.15) is 5.10 Å². The van der Waals surface area contributed by atoms with Crippen molar-refractivity contribution in [2.24, 2.45) is 4.36 Å². The molecule has 5 rings (SSSR count). The van der Waals surface area contributed by atoms with Crippen LogP contribution < -0.4 is 4.90 Å². The highest BCUT2D eigenvalue weighted by molar-refractivity contribution is 7.94. The number of aromatic hydroxyl groups is 1. The number of ether oxygens (including phenoxy) is 2.